The molecular weight excluding hydrogens is 221 g/mol. The summed E-state index contributed by atoms with van der Waals surface area (Å²) in [6.45, 7) is -0.395. The Hall–Kier alpha value is -2.22. The van der Waals surface area contributed by atoms with Crippen molar-refractivity contribution in [2.24, 2.45) is 5.84 Å². The number of carbonyl (C=O) groups excluding carboxylic acids is 1. The topological polar surface area (TPSA) is 107 Å². The Labute approximate surface area is 89.1 Å². The maximum absolute atomic E-state index is 13.1. The average Bonchev–Trinajstić information content (AvgIpc) is 2.25. The van der Waals surface area contributed by atoms with Gasteiger partial charge in [0.25, 0.3) is 5.91 Å². The van der Waals surface area contributed by atoms with Gasteiger partial charge >= 0.3 is 5.69 Å². The van der Waals surface area contributed by atoms with Crippen LogP contribution in [0.25, 0.3) is 0 Å². The van der Waals surface area contributed by atoms with Crippen LogP contribution >= 0.6 is 0 Å². The van der Waals surface area contributed by atoms with Crippen molar-refractivity contribution in [3.8, 4) is 5.75 Å². The molecular formula is C8H8FN3O4. The molecule has 16 heavy (non-hydrogen) atoms. The molecule has 0 spiro atoms. The van der Waals surface area contributed by atoms with Gasteiger partial charge in [-0.1, -0.05) is 0 Å². The van der Waals surface area contributed by atoms with E-state index in [9.17, 15) is 19.3 Å². The molecule has 0 aromatic heterocycles. The van der Waals surface area contributed by atoms with E-state index in [-0.39, 0.29) is 5.75 Å². The number of amides is 1. The van der Waals surface area contributed by atoms with E-state index in [0.717, 1.165) is 12.1 Å². The average molecular weight is 229 g/mol. The molecule has 0 atom stereocenters. The minimum absolute atomic E-state index is 0.00620. The molecule has 0 saturated heterocycles. The third kappa shape index (κ3) is 2.89. The summed E-state index contributed by atoms with van der Waals surface area (Å²) in [5, 5.41) is 10.3. The van der Waals surface area contributed by atoms with Crippen molar-refractivity contribution in [1.29, 1.82) is 0 Å². The molecule has 0 bridgehead atoms. The molecule has 86 valence electrons. The summed E-state index contributed by atoms with van der Waals surface area (Å²) in [6.07, 6.45) is 0. The molecule has 1 aromatic carbocycles. The van der Waals surface area contributed by atoms with Gasteiger partial charge in [-0.3, -0.25) is 20.3 Å². The van der Waals surface area contributed by atoms with E-state index < -0.39 is 28.9 Å². The van der Waals surface area contributed by atoms with Gasteiger partial charge in [0.2, 0.25) is 5.82 Å². The second kappa shape index (κ2) is 5.03. The number of nitrogens with zero attached hydrogens (tertiary/aromatic N) is 1. The Bertz CT molecular complexity index is 424. The van der Waals surface area contributed by atoms with Gasteiger partial charge in [-0.05, 0) is 6.07 Å². The fourth-order valence-electron chi connectivity index (χ4n) is 0.916. The van der Waals surface area contributed by atoms with Crippen LogP contribution in [-0.4, -0.2) is 17.4 Å². The molecule has 7 nitrogen and oxygen atoms in total. The minimum Gasteiger partial charge on any atom is -0.484 e. The predicted octanol–water partition coefficient (Wildman–Crippen LogP) is 0.103. The molecule has 8 heteroatoms. The van der Waals surface area contributed by atoms with Crippen LogP contribution in [0.4, 0.5) is 10.1 Å². The maximum Gasteiger partial charge on any atom is 0.305 e. The number of nitro benzene ring substituents is 1. The summed E-state index contributed by atoms with van der Waals surface area (Å²) in [6, 6.07) is 2.96. The van der Waals surface area contributed by atoms with Gasteiger partial charge in [0.05, 0.1) is 4.92 Å². The first-order valence-electron chi connectivity index (χ1n) is 4.10. The Morgan fingerprint density at radius 1 is 1.62 bits per heavy atom. The summed E-state index contributed by atoms with van der Waals surface area (Å²) < 4.78 is 17.9. The highest BCUT2D eigenvalue weighted by atomic mass is 19.1. The fourth-order valence-corrected chi connectivity index (χ4v) is 0.916. The lowest BCUT2D eigenvalue weighted by molar-refractivity contribution is -0.387. The van der Waals surface area contributed by atoms with E-state index >= 15 is 0 Å². The van der Waals surface area contributed by atoms with E-state index in [1.807, 2.05) is 5.43 Å². The number of nitrogens with two attached hydrogens (primary N) is 1. The number of halogens is 1. The molecule has 0 unspecified atom stereocenters. The van der Waals surface area contributed by atoms with Gasteiger partial charge in [0.1, 0.15) is 5.75 Å². The first-order chi connectivity index (χ1) is 7.54. The van der Waals surface area contributed by atoms with Crippen molar-refractivity contribution in [1.82, 2.24) is 5.43 Å². The highest BCUT2D eigenvalue weighted by Crippen LogP contribution is 2.22. The summed E-state index contributed by atoms with van der Waals surface area (Å²) in [4.78, 5) is 20.1. The monoisotopic (exact) mass is 229 g/mol. The molecule has 0 saturated carbocycles. The summed E-state index contributed by atoms with van der Waals surface area (Å²) in [7, 11) is 0. The lowest BCUT2D eigenvalue weighted by Gasteiger charge is -2.04. The molecule has 1 aromatic rings. The predicted molar refractivity (Wildman–Crippen MR) is 50.9 cm³/mol. The molecule has 3 N–H and O–H groups in total. The van der Waals surface area contributed by atoms with E-state index in [2.05, 4.69) is 0 Å². The molecule has 0 fully saturated rings. The fraction of sp³-hybridized carbons (Fsp3) is 0.125. The maximum atomic E-state index is 13.1. The van der Waals surface area contributed by atoms with Crippen LogP contribution in [0.3, 0.4) is 0 Å². The lowest BCUT2D eigenvalue weighted by Crippen LogP contribution is -2.34. The quantitative estimate of drug-likeness (QED) is 0.329. The van der Waals surface area contributed by atoms with E-state index in [1.165, 1.54) is 6.07 Å². The van der Waals surface area contributed by atoms with Gasteiger partial charge in [0.15, 0.2) is 6.61 Å². The minimum atomic E-state index is -1.03. The number of hydrazine groups is 1. The number of nitrogens with one attached hydrogen (secondary N) is 1. The molecule has 0 radical (unpaired) electrons. The third-order valence-corrected chi connectivity index (χ3v) is 1.65. The van der Waals surface area contributed by atoms with Crippen LogP contribution in [0, 0.1) is 15.9 Å². The SMILES string of the molecule is NNC(=O)COc1ccc([N+](=O)[O-])c(F)c1. The number of benzene rings is 1. The van der Waals surface area contributed by atoms with Crippen molar-refractivity contribution in [2.75, 3.05) is 6.61 Å². The van der Waals surface area contributed by atoms with Crippen molar-refractivity contribution < 1.29 is 18.8 Å². The first-order valence-corrected chi connectivity index (χ1v) is 4.10. The number of rotatable bonds is 4. The summed E-state index contributed by atoms with van der Waals surface area (Å²) in [5.41, 5.74) is 1.16. The van der Waals surface area contributed by atoms with Crippen LogP contribution in [0.5, 0.6) is 5.75 Å². The second-order valence-electron chi connectivity index (χ2n) is 2.73. The highest BCUT2D eigenvalue weighted by molar-refractivity contribution is 5.76. The number of nitro groups is 1. The van der Waals surface area contributed by atoms with Gasteiger partial charge in [-0.25, -0.2) is 5.84 Å². The number of carbonyl (C=O) groups is 1. The van der Waals surface area contributed by atoms with Crippen LogP contribution in [0.15, 0.2) is 18.2 Å². The van der Waals surface area contributed by atoms with Gasteiger partial charge < -0.3 is 4.74 Å². The number of ether oxygens (including phenoxy) is 1. The summed E-state index contributed by atoms with van der Waals surface area (Å²) >= 11 is 0. The van der Waals surface area contributed by atoms with E-state index in [0.29, 0.717) is 0 Å². The third-order valence-electron chi connectivity index (χ3n) is 1.65. The molecule has 0 heterocycles. The van der Waals surface area contributed by atoms with Crippen molar-refractivity contribution in [2.45, 2.75) is 0 Å². The molecule has 0 aliphatic rings. The Morgan fingerprint density at radius 3 is 2.81 bits per heavy atom. The van der Waals surface area contributed by atoms with Gasteiger partial charge in [0, 0.05) is 12.1 Å². The largest absolute Gasteiger partial charge is 0.484 e. The van der Waals surface area contributed by atoms with Crippen LogP contribution in [-0.2, 0) is 4.79 Å². The Kier molecular flexibility index (Phi) is 3.72. The molecule has 0 aliphatic carbocycles. The van der Waals surface area contributed by atoms with E-state index in [1.54, 1.807) is 0 Å². The number of hydrogen-bond acceptors (Lipinski definition) is 5. The summed E-state index contributed by atoms with van der Waals surface area (Å²) in [5.74, 6) is 3.16. The molecule has 0 aliphatic heterocycles. The standard InChI is InChI=1S/C8H8FN3O4/c9-6-3-5(16-4-8(13)11-10)1-2-7(6)12(14)15/h1-3H,4,10H2,(H,11,13). The zero-order valence-electron chi connectivity index (χ0n) is 7.97. The second-order valence-corrected chi connectivity index (χ2v) is 2.73. The van der Waals surface area contributed by atoms with E-state index in [4.69, 9.17) is 10.6 Å². The normalized spacial score (nSPS) is 9.62. The molecule has 1 amide bonds. The van der Waals surface area contributed by atoms with Crippen LogP contribution in [0.2, 0.25) is 0 Å². The van der Waals surface area contributed by atoms with Gasteiger partial charge in [-0.2, -0.15) is 4.39 Å². The van der Waals surface area contributed by atoms with Crippen LogP contribution in [0.1, 0.15) is 0 Å². The zero-order valence-corrected chi connectivity index (χ0v) is 7.97. The number of hydrogen-bond donors (Lipinski definition) is 2. The van der Waals surface area contributed by atoms with Crippen molar-refractivity contribution in [3.05, 3.63) is 34.1 Å². The first kappa shape index (κ1) is 11.9. The molecule has 1 rings (SSSR count). The van der Waals surface area contributed by atoms with Gasteiger partial charge in [-0.15, -0.1) is 0 Å². The highest BCUT2D eigenvalue weighted by Gasteiger charge is 2.14. The Balaban J connectivity index is 2.74. The van der Waals surface area contributed by atoms with Crippen molar-refractivity contribution in [3.63, 3.8) is 0 Å². The lowest BCUT2D eigenvalue weighted by atomic mass is 10.3. The van der Waals surface area contributed by atoms with Crippen molar-refractivity contribution >= 4 is 11.6 Å². The Morgan fingerprint density at radius 2 is 2.31 bits per heavy atom. The zero-order chi connectivity index (χ0) is 12.1. The smallest absolute Gasteiger partial charge is 0.305 e. The van der Waals surface area contributed by atoms with Crippen LogP contribution < -0.4 is 16.0 Å².